The molecule has 2 unspecified atom stereocenters. The van der Waals surface area contributed by atoms with E-state index in [0.29, 0.717) is 29.4 Å². The molecule has 0 radical (unpaired) electrons. The average Bonchev–Trinajstić information content (AvgIpc) is 2.70. The monoisotopic (exact) mass is 309 g/mol. The van der Waals surface area contributed by atoms with E-state index in [2.05, 4.69) is 10.3 Å². The molecule has 2 N–H and O–H groups in total. The van der Waals surface area contributed by atoms with Crippen LogP contribution in [0.25, 0.3) is 0 Å². The smallest absolute Gasteiger partial charge is 0.254 e. The molecule has 0 saturated carbocycles. The predicted molar refractivity (Wildman–Crippen MR) is 81.6 cm³/mol. The molecule has 5 nitrogen and oxygen atoms in total. The number of nitrogens with one attached hydrogen (secondary N) is 1. The van der Waals surface area contributed by atoms with E-state index < -0.39 is 0 Å². The molecular weight excluding hydrogens is 290 g/mol. The normalized spacial score (nSPS) is 27.8. The van der Waals surface area contributed by atoms with Crippen molar-refractivity contribution in [1.29, 1.82) is 0 Å². The van der Waals surface area contributed by atoms with Gasteiger partial charge in [-0.3, -0.25) is 4.79 Å². The molecular formula is C15H20ClN3O2. The Kier molecular flexibility index (Phi) is 4.04. The van der Waals surface area contributed by atoms with Crippen molar-refractivity contribution in [2.45, 2.75) is 50.8 Å². The number of pyridine rings is 1. The quantitative estimate of drug-likeness (QED) is 0.841. The van der Waals surface area contributed by atoms with Gasteiger partial charge in [0.15, 0.2) is 0 Å². The predicted octanol–water partition coefficient (Wildman–Crippen LogP) is 2.29. The Morgan fingerprint density at radius 3 is 2.71 bits per heavy atom. The molecule has 1 amide bonds. The Balaban J connectivity index is 1.85. The van der Waals surface area contributed by atoms with Gasteiger partial charge in [0.2, 0.25) is 0 Å². The van der Waals surface area contributed by atoms with Crippen LogP contribution in [0.2, 0.25) is 5.15 Å². The maximum absolute atomic E-state index is 12.8. The number of rotatable bonds is 3. The Hall–Kier alpha value is -1.33. The molecule has 2 atom stereocenters. The summed E-state index contributed by atoms with van der Waals surface area (Å²) in [5.41, 5.74) is 0.569. The van der Waals surface area contributed by atoms with Crippen molar-refractivity contribution in [1.82, 2.24) is 9.88 Å². The molecule has 6 heteroatoms. The van der Waals surface area contributed by atoms with Crippen LogP contribution in [0.4, 0.5) is 5.82 Å². The molecule has 0 aliphatic carbocycles. The van der Waals surface area contributed by atoms with E-state index in [1.807, 2.05) is 11.8 Å². The molecule has 2 aliphatic heterocycles. The van der Waals surface area contributed by atoms with Crippen molar-refractivity contribution in [2.75, 3.05) is 11.9 Å². The molecule has 1 aromatic rings. The van der Waals surface area contributed by atoms with Gasteiger partial charge in [0, 0.05) is 24.2 Å². The third kappa shape index (κ3) is 2.85. The maximum atomic E-state index is 12.8. The molecule has 3 rings (SSSR count). The minimum Gasteiger partial charge on any atom is -0.393 e. The van der Waals surface area contributed by atoms with E-state index in [0.717, 1.165) is 19.4 Å². The Bertz CT molecular complexity index is 538. The zero-order valence-corrected chi connectivity index (χ0v) is 12.8. The number of aliphatic hydroxyl groups excluding tert-OH is 1. The number of amides is 1. The van der Waals surface area contributed by atoms with Crippen LogP contribution < -0.4 is 5.32 Å². The van der Waals surface area contributed by atoms with Gasteiger partial charge in [-0.25, -0.2) is 4.98 Å². The van der Waals surface area contributed by atoms with Crippen molar-refractivity contribution in [3.63, 3.8) is 0 Å². The van der Waals surface area contributed by atoms with Crippen molar-refractivity contribution in [3.05, 3.63) is 22.8 Å². The van der Waals surface area contributed by atoms with Crippen LogP contribution in [-0.2, 0) is 0 Å². The van der Waals surface area contributed by atoms with E-state index in [9.17, 15) is 9.90 Å². The molecule has 21 heavy (non-hydrogen) atoms. The number of halogens is 1. The maximum Gasteiger partial charge on any atom is 0.254 e. The second-order valence-electron chi connectivity index (χ2n) is 5.82. The zero-order chi connectivity index (χ0) is 15.0. The summed E-state index contributed by atoms with van der Waals surface area (Å²) in [6, 6.07) is 3.68. The molecule has 2 saturated heterocycles. The largest absolute Gasteiger partial charge is 0.393 e. The molecule has 2 aliphatic rings. The number of piperidine rings is 1. The summed E-state index contributed by atoms with van der Waals surface area (Å²) in [6.07, 6.45) is 3.05. The van der Waals surface area contributed by atoms with Gasteiger partial charge < -0.3 is 15.3 Å². The fraction of sp³-hybridized carbons (Fsp3) is 0.600. The molecule has 2 fully saturated rings. The number of anilines is 1. The number of carbonyl (C=O) groups is 1. The highest BCUT2D eigenvalue weighted by Crippen LogP contribution is 2.37. The lowest BCUT2D eigenvalue weighted by atomic mass is 9.99. The minimum atomic E-state index is -0.273. The first-order chi connectivity index (χ1) is 10.1. The summed E-state index contributed by atoms with van der Waals surface area (Å²) in [5.74, 6) is 0.621. The van der Waals surface area contributed by atoms with E-state index in [-0.39, 0.29) is 24.1 Å². The number of fused-ring (bicyclic) bond motifs is 2. The van der Waals surface area contributed by atoms with Crippen LogP contribution in [0.5, 0.6) is 0 Å². The number of aromatic nitrogens is 1. The van der Waals surface area contributed by atoms with Crippen LogP contribution in [0, 0.1) is 0 Å². The SMILES string of the molecule is CCNc1cc(C(=O)N2C3CCC2CC(O)C3)cc(Cl)n1. The number of carbonyl (C=O) groups excluding carboxylic acids is 1. The lowest BCUT2D eigenvalue weighted by Crippen LogP contribution is -2.48. The van der Waals surface area contributed by atoms with E-state index in [1.165, 1.54) is 0 Å². The fourth-order valence-electron chi connectivity index (χ4n) is 3.52. The second-order valence-corrected chi connectivity index (χ2v) is 6.20. The average molecular weight is 310 g/mol. The first-order valence-corrected chi connectivity index (χ1v) is 7.88. The van der Waals surface area contributed by atoms with E-state index in [1.54, 1.807) is 12.1 Å². The van der Waals surface area contributed by atoms with Crippen molar-refractivity contribution >= 4 is 23.3 Å². The molecule has 3 heterocycles. The van der Waals surface area contributed by atoms with Crippen LogP contribution in [-0.4, -0.2) is 45.6 Å². The Labute approximate surface area is 129 Å². The minimum absolute atomic E-state index is 0.00199. The van der Waals surface area contributed by atoms with E-state index in [4.69, 9.17) is 11.6 Å². The van der Waals surface area contributed by atoms with Gasteiger partial charge >= 0.3 is 0 Å². The van der Waals surface area contributed by atoms with Crippen molar-refractivity contribution in [3.8, 4) is 0 Å². The summed E-state index contributed by atoms with van der Waals surface area (Å²) < 4.78 is 0. The summed E-state index contributed by atoms with van der Waals surface area (Å²) in [5, 5.41) is 13.2. The van der Waals surface area contributed by atoms with Gasteiger partial charge in [-0.2, -0.15) is 0 Å². The molecule has 1 aromatic heterocycles. The number of hydrogen-bond acceptors (Lipinski definition) is 4. The summed E-state index contributed by atoms with van der Waals surface area (Å²) in [4.78, 5) is 18.9. The summed E-state index contributed by atoms with van der Waals surface area (Å²) in [6.45, 7) is 2.69. The standard InChI is InChI=1S/C15H20ClN3O2/c1-2-17-14-6-9(5-13(16)18-14)15(21)19-10-3-4-11(19)8-12(20)7-10/h5-6,10-12,20H,2-4,7-8H2,1H3,(H,17,18). The van der Waals surface area contributed by atoms with Crippen LogP contribution in [0.15, 0.2) is 12.1 Å². The van der Waals surface area contributed by atoms with Crippen LogP contribution in [0.3, 0.4) is 0 Å². The molecule has 114 valence electrons. The zero-order valence-electron chi connectivity index (χ0n) is 12.1. The Morgan fingerprint density at radius 2 is 2.10 bits per heavy atom. The van der Waals surface area contributed by atoms with Gasteiger partial charge in [-0.05, 0) is 44.7 Å². The first-order valence-electron chi connectivity index (χ1n) is 7.50. The third-order valence-corrected chi connectivity index (χ3v) is 4.54. The lowest BCUT2D eigenvalue weighted by molar-refractivity contribution is 0.0287. The van der Waals surface area contributed by atoms with Crippen LogP contribution in [0.1, 0.15) is 43.0 Å². The topological polar surface area (TPSA) is 65.5 Å². The number of nitrogens with zero attached hydrogens (tertiary/aromatic N) is 2. The van der Waals surface area contributed by atoms with Gasteiger partial charge in [-0.1, -0.05) is 11.6 Å². The molecule has 0 spiro atoms. The highest BCUT2D eigenvalue weighted by molar-refractivity contribution is 6.29. The highest BCUT2D eigenvalue weighted by atomic mass is 35.5. The van der Waals surface area contributed by atoms with Gasteiger partial charge in [0.25, 0.3) is 5.91 Å². The Morgan fingerprint density at radius 1 is 1.43 bits per heavy atom. The van der Waals surface area contributed by atoms with Gasteiger partial charge in [-0.15, -0.1) is 0 Å². The number of hydrogen-bond donors (Lipinski definition) is 2. The summed E-state index contributed by atoms with van der Waals surface area (Å²) >= 11 is 6.02. The fourth-order valence-corrected chi connectivity index (χ4v) is 3.73. The van der Waals surface area contributed by atoms with Gasteiger partial charge in [0.05, 0.1) is 6.10 Å². The summed E-state index contributed by atoms with van der Waals surface area (Å²) in [7, 11) is 0. The van der Waals surface area contributed by atoms with E-state index >= 15 is 0 Å². The highest BCUT2D eigenvalue weighted by Gasteiger charge is 2.43. The number of aliphatic hydroxyl groups is 1. The van der Waals surface area contributed by atoms with Crippen molar-refractivity contribution in [2.24, 2.45) is 0 Å². The molecule has 2 bridgehead atoms. The van der Waals surface area contributed by atoms with Crippen LogP contribution >= 0.6 is 11.6 Å². The molecule has 0 aromatic carbocycles. The third-order valence-electron chi connectivity index (χ3n) is 4.34. The van der Waals surface area contributed by atoms with Gasteiger partial charge in [0.1, 0.15) is 11.0 Å². The van der Waals surface area contributed by atoms with Crippen molar-refractivity contribution < 1.29 is 9.90 Å². The lowest BCUT2D eigenvalue weighted by Gasteiger charge is -2.37. The second kappa shape index (κ2) is 5.81. The first kappa shape index (κ1) is 14.6.